The van der Waals surface area contributed by atoms with E-state index in [1.54, 1.807) is 6.20 Å². The highest BCUT2D eigenvalue weighted by Gasteiger charge is 2.36. The summed E-state index contributed by atoms with van der Waals surface area (Å²) in [6.07, 6.45) is 4.17. The van der Waals surface area contributed by atoms with Gasteiger partial charge in [0.25, 0.3) is 5.91 Å². The third-order valence-corrected chi connectivity index (χ3v) is 5.52. The Morgan fingerprint density at radius 3 is 2.76 bits per heavy atom. The Morgan fingerprint density at radius 1 is 1.28 bits per heavy atom. The first-order valence-electron chi connectivity index (χ1n) is 9.40. The summed E-state index contributed by atoms with van der Waals surface area (Å²) < 4.78 is 11.1. The highest BCUT2D eigenvalue weighted by atomic mass is 16.5. The second kappa shape index (κ2) is 7.30. The highest BCUT2D eigenvalue weighted by Crippen LogP contribution is 2.29. The average molecular weight is 345 g/mol. The number of carbonyl (C=O) groups is 1. The van der Waals surface area contributed by atoms with Gasteiger partial charge in [-0.3, -0.25) is 9.69 Å². The van der Waals surface area contributed by atoms with Gasteiger partial charge in [-0.05, 0) is 30.7 Å². The van der Waals surface area contributed by atoms with Crippen molar-refractivity contribution in [3.8, 4) is 5.88 Å². The molecular weight excluding hydrogens is 318 g/mol. The molecule has 1 saturated carbocycles. The van der Waals surface area contributed by atoms with Crippen LogP contribution in [0, 0.1) is 11.8 Å². The lowest BCUT2D eigenvalue weighted by Gasteiger charge is -2.33. The van der Waals surface area contributed by atoms with Gasteiger partial charge in [-0.1, -0.05) is 6.92 Å². The third-order valence-electron chi connectivity index (χ3n) is 5.52. The van der Waals surface area contributed by atoms with Crippen molar-refractivity contribution < 1.29 is 14.3 Å². The van der Waals surface area contributed by atoms with E-state index in [9.17, 15) is 4.79 Å². The molecule has 0 N–H and O–H groups in total. The zero-order valence-electron chi connectivity index (χ0n) is 14.9. The van der Waals surface area contributed by atoms with E-state index in [1.165, 1.54) is 12.8 Å². The molecule has 2 aliphatic heterocycles. The van der Waals surface area contributed by atoms with E-state index < -0.39 is 0 Å². The van der Waals surface area contributed by atoms with Crippen LogP contribution in [0.5, 0.6) is 5.88 Å². The molecule has 3 aliphatic rings. The van der Waals surface area contributed by atoms with Crippen molar-refractivity contribution in [2.75, 3.05) is 46.0 Å². The van der Waals surface area contributed by atoms with Crippen LogP contribution in [-0.2, 0) is 4.74 Å². The fraction of sp³-hybridized carbons (Fsp3) is 0.684. The van der Waals surface area contributed by atoms with Gasteiger partial charge in [0.1, 0.15) is 0 Å². The summed E-state index contributed by atoms with van der Waals surface area (Å²) in [5.74, 6) is 1.87. The van der Waals surface area contributed by atoms with E-state index in [0.29, 0.717) is 29.3 Å². The summed E-state index contributed by atoms with van der Waals surface area (Å²) in [6, 6.07) is 4.08. The topological polar surface area (TPSA) is 54.9 Å². The number of rotatable bonds is 5. The number of aromatic nitrogens is 1. The van der Waals surface area contributed by atoms with Gasteiger partial charge in [-0.25, -0.2) is 4.98 Å². The molecule has 2 atom stereocenters. The molecule has 1 aliphatic carbocycles. The molecule has 6 nitrogen and oxygen atoms in total. The maximum atomic E-state index is 12.8. The van der Waals surface area contributed by atoms with Gasteiger partial charge in [0.15, 0.2) is 0 Å². The number of ether oxygens (including phenoxy) is 2. The van der Waals surface area contributed by atoms with Gasteiger partial charge in [0, 0.05) is 44.5 Å². The Balaban J connectivity index is 1.35. The van der Waals surface area contributed by atoms with E-state index in [4.69, 9.17) is 9.47 Å². The summed E-state index contributed by atoms with van der Waals surface area (Å²) in [6.45, 7) is 8.09. The van der Waals surface area contributed by atoms with Crippen LogP contribution in [0.3, 0.4) is 0 Å². The number of nitrogens with zero attached hydrogens (tertiary/aromatic N) is 3. The Kier molecular flexibility index (Phi) is 4.90. The fourth-order valence-electron chi connectivity index (χ4n) is 3.76. The Bertz CT molecular complexity index is 596. The first-order chi connectivity index (χ1) is 12.2. The van der Waals surface area contributed by atoms with E-state index >= 15 is 0 Å². The number of hydrogen-bond acceptors (Lipinski definition) is 5. The fourth-order valence-corrected chi connectivity index (χ4v) is 3.76. The molecule has 0 unspecified atom stereocenters. The van der Waals surface area contributed by atoms with Crippen LogP contribution in [0.25, 0.3) is 0 Å². The summed E-state index contributed by atoms with van der Waals surface area (Å²) in [5.41, 5.74) is 0.647. The minimum atomic E-state index is 0.0730. The minimum Gasteiger partial charge on any atom is -0.477 e. The van der Waals surface area contributed by atoms with Crippen LogP contribution < -0.4 is 4.74 Å². The van der Waals surface area contributed by atoms with Gasteiger partial charge in [-0.2, -0.15) is 0 Å². The van der Waals surface area contributed by atoms with Crippen molar-refractivity contribution in [3.05, 3.63) is 23.9 Å². The van der Waals surface area contributed by atoms with Crippen LogP contribution in [-0.4, -0.2) is 72.7 Å². The lowest BCUT2D eigenvalue weighted by atomic mass is 10.0. The average Bonchev–Trinajstić information content (AvgIpc) is 3.41. The molecule has 4 rings (SSSR count). The molecule has 6 heteroatoms. The molecule has 1 aromatic rings. The molecular formula is C19H27N3O3. The number of carbonyl (C=O) groups excluding carboxylic acids is 1. The summed E-state index contributed by atoms with van der Waals surface area (Å²) in [5, 5.41) is 0. The Hall–Kier alpha value is -1.66. The van der Waals surface area contributed by atoms with Crippen molar-refractivity contribution in [2.45, 2.75) is 25.8 Å². The van der Waals surface area contributed by atoms with Crippen LogP contribution in [0.4, 0.5) is 0 Å². The van der Waals surface area contributed by atoms with E-state index in [-0.39, 0.29) is 5.91 Å². The lowest BCUT2D eigenvalue weighted by Crippen LogP contribution is -2.47. The minimum absolute atomic E-state index is 0.0730. The maximum Gasteiger partial charge on any atom is 0.255 e. The van der Waals surface area contributed by atoms with Crippen molar-refractivity contribution in [2.24, 2.45) is 11.8 Å². The van der Waals surface area contributed by atoms with Gasteiger partial charge in [0.05, 0.1) is 25.4 Å². The molecule has 1 aromatic heterocycles. The first kappa shape index (κ1) is 16.8. The normalized spacial score (nSPS) is 27.5. The largest absolute Gasteiger partial charge is 0.477 e. The van der Waals surface area contributed by atoms with Crippen LogP contribution in [0.15, 0.2) is 18.3 Å². The second-order valence-corrected chi connectivity index (χ2v) is 7.54. The molecule has 0 bridgehead atoms. The number of likely N-dealkylation sites (tertiary alicyclic amines) is 1. The van der Waals surface area contributed by atoms with Crippen molar-refractivity contribution >= 4 is 5.91 Å². The molecule has 2 saturated heterocycles. The standard InChI is InChI=1S/C19H27N3O3/c1-14-11-22(12-17(14)21-6-8-24-9-7-21)19(23)16-4-5-18(20-10-16)25-13-15-2-3-15/h4-5,10,14-15,17H,2-3,6-9,11-13H2,1H3/t14-,17-/m1/s1. The maximum absolute atomic E-state index is 12.8. The molecule has 0 aromatic carbocycles. The predicted octanol–water partition coefficient (Wildman–Crippen LogP) is 1.66. The van der Waals surface area contributed by atoms with Crippen LogP contribution in [0.2, 0.25) is 0 Å². The highest BCUT2D eigenvalue weighted by molar-refractivity contribution is 5.94. The lowest BCUT2D eigenvalue weighted by molar-refractivity contribution is 0.0119. The van der Waals surface area contributed by atoms with E-state index in [1.807, 2.05) is 17.0 Å². The van der Waals surface area contributed by atoms with Gasteiger partial charge in [0.2, 0.25) is 5.88 Å². The Morgan fingerprint density at radius 2 is 2.08 bits per heavy atom. The van der Waals surface area contributed by atoms with Crippen molar-refractivity contribution in [1.29, 1.82) is 0 Å². The SMILES string of the molecule is C[C@@H]1CN(C(=O)c2ccc(OCC3CC3)nc2)C[C@H]1N1CCOCC1. The second-order valence-electron chi connectivity index (χ2n) is 7.54. The molecule has 0 spiro atoms. The molecule has 3 heterocycles. The monoisotopic (exact) mass is 345 g/mol. The van der Waals surface area contributed by atoms with Gasteiger partial charge in [-0.15, -0.1) is 0 Å². The van der Waals surface area contributed by atoms with Crippen LogP contribution in [0.1, 0.15) is 30.1 Å². The van der Waals surface area contributed by atoms with Crippen LogP contribution >= 0.6 is 0 Å². The molecule has 0 radical (unpaired) electrons. The third kappa shape index (κ3) is 3.96. The van der Waals surface area contributed by atoms with Gasteiger partial charge >= 0.3 is 0 Å². The van der Waals surface area contributed by atoms with Gasteiger partial charge < -0.3 is 14.4 Å². The summed E-state index contributed by atoms with van der Waals surface area (Å²) in [4.78, 5) is 21.5. The zero-order valence-corrected chi connectivity index (χ0v) is 14.9. The first-order valence-corrected chi connectivity index (χ1v) is 9.40. The number of morpholine rings is 1. The molecule has 25 heavy (non-hydrogen) atoms. The molecule has 3 fully saturated rings. The quantitative estimate of drug-likeness (QED) is 0.812. The van der Waals surface area contributed by atoms with E-state index in [0.717, 1.165) is 46.0 Å². The summed E-state index contributed by atoms with van der Waals surface area (Å²) in [7, 11) is 0. The molecule has 1 amide bonds. The number of pyridine rings is 1. The predicted molar refractivity (Wildman–Crippen MR) is 93.7 cm³/mol. The summed E-state index contributed by atoms with van der Waals surface area (Å²) >= 11 is 0. The van der Waals surface area contributed by atoms with Crippen molar-refractivity contribution in [1.82, 2.24) is 14.8 Å². The van der Waals surface area contributed by atoms with E-state index in [2.05, 4.69) is 16.8 Å². The zero-order chi connectivity index (χ0) is 17.2. The molecule has 136 valence electrons. The van der Waals surface area contributed by atoms with Crippen molar-refractivity contribution in [3.63, 3.8) is 0 Å². The smallest absolute Gasteiger partial charge is 0.255 e. The Labute approximate surface area is 149 Å². The number of amides is 1. The number of hydrogen-bond donors (Lipinski definition) is 0.